The number of furan rings is 1. The molecule has 2 aromatic rings. The van der Waals surface area contributed by atoms with E-state index in [1.807, 2.05) is 0 Å². The van der Waals surface area contributed by atoms with Crippen molar-refractivity contribution in [2.24, 2.45) is 5.92 Å². The number of amides is 2. The van der Waals surface area contributed by atoms with Gasteiger partial charge in [0.2, 0.25) is 5.91 Å². The van der Waals surface area contributed by atoms with Gasteiger partial charge in [-0.05, 0) is 49.4 Å². The highest BCUT2D eigenvalue weighted by Gasteiger charge is 2.35. The SMILES string of the molecule is O=C(NC(CC1CCCC1)C(=O)NC1CCCN(S(=O)(=O)c2ccccn2)C[C@@H]1O)c1ccco1. The number of carbonyl (C=O) groups is 2. The van der Waals surface area contributed by atoms with Gasteiger partial charge in [0.25, 0.3) is 15.9 Å². The number of carbonyl (C=O) groups excluding carboxylic acids is 2. The Balaban J connectivity index is 1.42. The van der Waals surface area contributed by atoms with Crippen LogP contribution in [0.5, 0.6) is 0 Å². The summed E-state index contributed by atoms with van der Waals surface area (Å²) in [6.45, 7) is 0.0545. The van der Waals surface area contributed by atoms with Gasteiger partial charge in [-0.3, -0.25) is 9.59 Å². The lowest BCUT2D eigenvalue weighted by Crippen LogP contribution is -2.54. The van der Waals surface area contributed by atoms with Crippen molar-refractivity contribution in [2.45, 2.75) is 68.2 Å². The number of nitrogens with one attached hydrogen (secondary N) is 2. The van der Waals surface area contributed by atoms with E-state index in [4.69, 9.17) is 4.42 Å². The first-order valence-electron chi connectivity index (χ1n) is 12.1. The smallest absolute Gasteiger partial charge is 0.287 e. The van der Waals surface area contributed by atoms with Crippen LogP contribution in [0.1, 0.15) is 55.5 Å². The Morgan fingerprint density at radius 2 is 1.94 bits per heavy atom. The Morgan fingerprint density at radius 1 is 1.14 bits per heavy atom. The van der Waals surface area contributed by atoms with Gasteiger partial charge < -0.3 is 20.2 Å². The minimum atomic E-state index is -3.86. The van der Waals surface area contributed by atoms with Crippen LogP contribution in [0.3, 0.4) is 0 Å². The zero-order chi connectivity index (χ0) is 24.8. The molecular weight excluding hydrogens is 472 g/mol. The Hall–Kier alpha value is -2.76. The van der Waals surface area contributed by atoms with Crippen LogP contribution in [0.15, 0.2) is 52.2 Å². The van der Waals surface area contributed by atoms with E-state index in [0.29, 0.717) is 25.2 Å². The molecule has 2 unspecified atom stereocenters. The zero-order valence-corrected chi connectivity index (χ0v) is 20.3. The molecule has 1 saturated heterocycles. The molecule has 2 amide bonds. The Labute approximate surface area is 205 Å². The van der Waals surface area contributed by atoms with Crippen LogP contribution in [0, 0.1) is 5.92 Å². The molecule has 3 N–H and O–H groups in total. The molecular formula is C24H32N4O6S. The van der Waals surface area contributed by atoms with Gasteiger partial charge in [-0.2, -0.15) is 4.31 Å². The third-order valence-corrected chi connectivity index (χ3v) is 8.54. The van der Waals surface area contributed by atoms with Gasteiger partial charge in [0, 0.05) is 19.3 Å². The minimum absolute atomic E-state index is 0.0769. The van der Waals surface area contributed by atoms with Gasteiger partial charge in [-0.25, -0.2) is 13.4 Å². The molecule has 0 spiro atoms. The van der Waals surface area contributed by atoms with Crippen molar-refractivity contribution in [3.05, 3.63) is 48.6 Å². The maximum atomic E-state index is 13.3. The second kappa shape index (κ2) is 11.3. The van der Waals surface area contributed by atoms with E-state index >= 15 is 0 Å². The third-order valence-electron chi connectivity index (χ3n) is 6.76. The topological polar surface area (TPSA) is 142 Å². The number of aromatic nitrogens is 1. The molecule has 0 radical (unpaired) electrons. The Kier molecular flexibility index (Phi) is 8.19. The first kappa shape index (κ1) is 25.3. The van der Waals surface area contributed by atoms with Gasteiger partial charge in [0.1, 0.15) is 6.04 Å². The van der Waals surface area contributed by atoms with Gasteiger partial charge in [-0.1, -0.05) is 31.7 Å². The summed E-state index contributed by atoms with van der Waals surface area (Å²) in [5.41, 5.74) is 0. The number of aliphatic hydroxyl groups is 1. The summed E-state index contributed by atoms with van der Waals surface area (Å²) in [6.07, 6.45) is 7.29. The van der Waals surface area contributed by atoms with E-state index in [9.17, 15) is 23.1 Å². The number of sulfonamides is 1. The average Bonchev–Trinajstić information content (AvgIpc) is 3.54. The van der Waals surface area contributed by atoms with Crippen molar-refractivity contribution >= 4 is 21.8 Å². The standard InChI is InChI=1S/C24H32N4O6S/c29-20-16-28(35(32,33)22-11-3-4-12-25-22)13-5-9-18(20)26-23(30)19(15-17-7-1-2-8-17)27-24(31)21-10-6-14-34-21/h3-4,6,10-12,14,17-20,29H,1-2,5,7-9,13,15-16H2,(H,26,30)(H,27,31)/t18?,19?,20-/m0/s1. The summed E-state index contributed by atoms with van der Waals surface area (Å²) in [5, 5.41) is 16.4. The first-order chi connectivity index (χ1) is 16.8. The van der Waals surface area contributed by atoms with Crippen molar-refractivity contribution in [1.82, 2.24) is 19.9 Å². The second-order valence-corrected chi connectivity index (χ2v) is 11.1. The van der Waals surface area contributed by atoms with Gasteiger partial charge in [0.05, 0.1) is 18.4 Å². The van der Waals surface area contributed by atoms with Crippen molar-refractivity contribution in [3.63, 3.8) is 0 Å². The van der Waals surface area contributed by atoms with E-state index in [2.05, 4.69) is 15.6 Å². The summed E-state index contributed by atoms with van der Waals surface area (Å²) in [6, 6.07) is 6.37. The molecule has 190 valence electrons. The third kappa shape index (κ3) is 6.28. The monoisotopic (exact) mass is 504 g/mol. The number of hydrogen-bond acceptors (Lipinski definition) is 7. The zero-order valence-electron chi connectivity index (χ0n) is 19.5. The van der Waals surface area contributed by atoms with Crippen LogP contribution in [-0.2, 0) is 14.8 Å². The minimum Gasteiger partial charge on any atom is -0.459 e. The summed E-state index contributed by atoms with van der Waals surface area (Å²) < 4.78 is 32.3. The summed E-state index contributed by atoms with van der Waals surface area (Å²) >= 11 is 0. The normalized spacial score (nSPS) is 22.9. The molecule has 1 aliphatic heterocycles. The van der Waals surface area contributed by atoms with Crippen LogP contribution < -0.4 is 10.6 Å². The van der Waals surface area contributed by atoms with Crippen LogP contribution in [-0.4, -0.2) is 65.9 Å². The number of nitrogens with zero attached hydrogens (tertiary/aromatic N) is 2. The lowest BCUT2D eigenvalue weighted by atomic mass is 9.97. The van der Waals surface area contributed by atoms with E-state index in [1.54, 1.807) is 18.2 Å². The molecule has 35 heavy (non-hydrogen) atoms. The van der Waals surface area contributed by atoms with Crippen LogP contribution in [0.4, 0.5) is 0 Å². The van der Waals surface area contributed by atoms with Gasteiger partial charge in [-0.15, -0.1) is 0 Å². The van der Waals surface area contributed by atoms with E-state index < -0.39 is 34.1 Å². The fourth-order valence-electron chi connectivity index (χ4n) is 4.86. The molecule has 4 rings (SSSR count). The Morgan fingerprint density at radius 3 is 2.63 bits per heavy atom. The van der Waals surface area contributed by atoms with Crippen molar-refractivity contribution < 1.29 is 27.5 Å². The van der Waals surface area contributed by atoms with Crippen molar-refractivity contribution in [3.8, 4) is 0 Å². The molecule has 0 bridgehead atoms. The maximum Gasteiger partial charge on any atom is 0.287 e. The number of aliphatic hydroxyl groups excluding tert-OH is 1. The number of rotatable bonds is 8. The second-order valence-electron chi connectivity index (χ2n) is 9.25. The molecule has 1 saturated carbocycles. The van der Waals surface area contributed by atoms with E-state index in [0.717, 1.165) is 25.7 Å². The molecule has 2 aliphatic rings. The first-order valence-corrected chi connectivity index (χ1v) is 13.5. The molecule has 0 aromatic carbocycles. The summed E-state index contributed by atoms with van der Waals surface area (Å²) in [5.74, 6) is -0.399. The van der Waals surface area contributed by atoms with Crippen LogP contribution in [0.2, 0.25) is 0 Å². The summed E-state index contributed by atoms with van der Waals surface area (Å²) in [4.78, 5) is 29.8. The lowest BCUT2D eigenvalue weighted by molar-refractivity contribution is -0.125. The summed E-state index contributed by atoms with van der Waals surface area (Å²) in [7, 11) is -3.86. The average molecular weight is 505 g/mol. The van der Waals surface area contributed by atoms with Crippen LogP contribution in [0.25, 0.3) is 0 Å². The van der Waals surface area contributed by atoms with Crippen LogP contribution >= 0.6 is 0 Å². The Bertz CT molecular complexity index is 1090. The predicted octanol–water partition coefficient (Wildman–Crippen LogP) is 1.68. The quantitative estimate of drug-likeness (QED) is 0.497. The molecule has 10 nitrogen and oxygen atoms in total. The molecule has 3 heterocycles. The van der Waals surface area contributed by atoms with Crippen molar-refractivity contribution in [1.29, 1.82) is 0 Å². The lowest BCUT2D eigenvalue weighted by Gasteiger charge is -2.27. The molecule has 2 aromatic heterocycles. The largest absolute Gasteiger partial charge is 0.459 e. The van der Waals surface area contributed by atoms with Gasteiger partial charge >= 0.3 is 0 Å². The fraction of sp³-hybridized carbons (Fsp3) is 0.542. The highest BCUT2D eigenvalue weighted by molar-refractivity contribution is 7.89. The fourth-order valence-corrected chi connectivity index (χ4v) is 6.28. The number of hydrogen-bond donors (Lipinski definition) is 3. The highest BCUT2D eigenvalue weighted by Crippen LogP contribution is 2.29. The molecule has 3 atom stereocenters. The maximum absolute atomic E-state index is 13.3. The molecule has 11 heteroatoms. The highest BCUT2D eigenvalue weighted by atomic mass is 32.2. The van der Waals surface area contributed by atoms with Crippen molar-refractivity contribution in [2.75, 3.05) is 13.1 Å². The number of pyridine rings is 1. The number of β-amino-alcohol motifs (C(OH)–C–C–N with tert-alkyl or cyclic N) is 1. The van der Waals surface area contributed by atoms with E-state index in [1.165, 1.54) is 28.9 Å². The predicted molar refractivity (Wildman–Crippen MR) is 127 cm³/mol. The van der Waals surface area contributed by atoms with E-state index in [-0.39, 0.29) is 29.8 Å². The molecule has 2 fully saturated rings. The molecule has 1 aliphatic carbocycles. The van der Waals surface area contributed by atoms with Gasteiger partial charge in [0.15, 0.2) is 10.8 Å².